The Morgan fingerprint density at radius 1 is 1.38 bits per heavy atom. The zero-order valence-corrected chi connectivity index (χ0v) is 13.4. The molecule has 118 valence electrons. The topological polar surface area (TPSA) is 57.0 Å². The molecule has 0 aliphatic carbocycles. The highest BCUT2D eigenvalue weighted by Crippen LogP contribution is 2.40. The Kier molecular flexibility index (Phi) is 6.11. The smallest absolute Gasteiger partial charge is 0.179 e. The summed E-state index contributed by atoms with van der Waals surface area (Å²) in [6.07, 6.45) is 0.960. The van der Waals surface area contributed by atoms with Crippen LogP contribution in [0, 0.1) is 0 Å². The summed E-state index contributed by atoms with van der Waals surface area (Å²) in [6.45, 7) is 3.23. The Hall–Kier alpha value is -1.01. The molecular formula is C15H23ClN2O3. The average molecular weight is 315 g/mol. The second-order valence-electron chi connectivity index (χ2n) is 5.11. The third kappa shape index (κ3) is 4.01. The van der Waals surface area contributed by atoms with Gasteiger partial charge in [0.15, 0.2) is 11.5 Å². The number of hydrogen-bond acceptors (Lipinski definition) is 5. The third-order valence-electron chi connectivity index (χ3n) is 3.62. The highest BCUT2D eigenvalue weighted by molar-refractivity contribution is 6.32. The van der Waals surface area contributed by atoms with Crippen LogP contribution in [0.2, 0.25) is 5.02 Å². The third-order valence-corrected chi connectivity index (χ3v) is 3.90. The molecule has 0 spiro atoms. The molecule has 2 rings (SSSR count). The lowest BCUT2D eigenvalue weighted by molar-refractivity contribution is 0.164. The fourth-order valence-electron chi connectivity index (χ4n) is 2.51. The quantitative estimate of drug-likeness (QED) is 0.781. The minimum absolute atomic E-state index is 0.0928. The van der Waals surface area contributed by atoms with Crippen LogP contribution in [-0.2, 0) is 4.74 Å². The van der Waals surface area contributed by atoms with Gasteiger partial charge in [-0.15, -0.1) is 0 Å². The number of hydrogen-bond donors (Lipinski definition) is 1. The summed E-state index contributed by atoms with van der Waals surface area (Å²) in [4.78, 5) is 2.21. The molecular weight excluding hydrogens is 292 g/mol. The van der Waals surface area contributed by atoms with Crippen molar-refractivity contribution in [1.29, 1.82) is 0 Å². The van der Waals surface area contributed by atoms with Crippen LogP contribution in [0.3, 0.4) is 0 Å². The van der Waals surface area contributed by atoms with E-state index >= 15 is 0 Å². The summed E-state index contributed by atoms with van der Waals surface area (Å²) in [5, 5.41) is 0.575. The normalized spacial score (nSPS) is 15.3. The van der Waals surface area contributed by atoms with Gasteiger partial charge in [-0.05, 0) is 31.2 Å². The molecule has 1 aromatic carbocycles. The largest absolute Gasteiger partial charge is 0.486 e. The number of benzene rings is 1. The molecule has 0 fully saturated rings. The van der Waals surface area contributed by atoms with Crippen LogP contribution >= 0.6 is 11.6 Å². The van der Waals surface area contributed by atoms with Crippen molar-refractivity contribution in [3.05, 3.63) is 22.7 Å². The van der Waals surface area contributed by atoms with Crippen LogP contribution in [0.1, 0.15) is 18.0 Å². The van der Waals surface area contributed by atoms with Crippen LogP contribution < -0.4 is 15.2 Å². The fraction of sp³-hybridized carbons (Fsp3) is 0.600. The minimum Gasteiger partial charge on any atom is -0.486 e. The fourth-order valence-corrected chi connectivity index (χ4v) is 2.78. The van der Waals surface area contributed by atoms with Gasteiger partial charge in [-0.2, -0.15) is 0 Å². The molecule has 0 saturated carbocycles. The van der Waals surface area contributed by atoms with Crippen LogP contribution in [-0.4, -0.2) is 52.0 Å². The second-order valence-corrected chi connectivity index (χ2v) is 5.51. The van der Waals surface area contributed by atoms with Gasteiger partial charge in [0.1, 0.15) is 13.2 Å². The maximum Gasteiger partial charge on any atom is 0.179 e. The predicted molar refractivity (Wildman–Crippen MR) is 83.4 cm³/mol. The Morgan fingerprint density at radius 2 is 2.14 bits per heavy atom. The summed E-state index contributed by atoms with van der Waals surface area (Å²) >= 11 is 6.30. The highest BCUT2D eigenvalue weighted by atomic mass is 35.5. The Bertz CT molecular complexity index is 470. The van der Waals surface area contributed by atoms with E-state index in [2.05, 4.69) is 11.9 Å². The molecule has 0 radical (unpaired) electrons. The number of nitrogens with two attached hydrogens (primary N) is 1. The van der Waals surface area contributed by atoms with Crippen molar-refractivity contribution in [2.24, 2.45) is 5.73 Å². The van der Waals surface area contributed by atoms with Crippen molar-refractivity contribution >= 4 is 11.6 Å². The zero-order chi connectivity index (χ0) is 15.2. The summed E-state index contributed by atoms with van der Waals surface area (Å²) in [5.74, 6) is 1.33. The second kappa shape index (κ2) is 7.84. The molecule has 0 saturated heterocycles. The molecule has 1 aliphatic rings. The molecule has 5 nitrogen and oxygen atoms in total. The first-order valence-corrected chi connectivity index (χ1v) is 7.53. The summed E-state index contributed by atoms with van der Waals surface area (Å²) in [5.41, 5.74) is 7.00. The molecule has 1 unspecified atom stereocenters. The number of nitrogens with zero attached hydrogens (tertiary/aromatic N) is 1. The van der Waals surface area contributed by atoms with Crippen LogP contribution in [0.25, 0.3) is 0 Å². The van der Waals surface area contributed by atoms with Crippen molar-refractivity contribution in [3.63, 3.8) is 0 Å². The lowest BCUT2D eigenvalue weighted by Crippen LogP contribution is -2.32. The van der Waals surface area contributed by atoms with Gasteiger partial charge in [0.2, 0.25) is 0 Å². The van der Waals surface area contributed by atoms with Crippen molar-refractivity contribution in [2.45, 2.75) is 12.5 Å². The Morgan fingerprint density at radius 3 is 2.86 bits per heavy atom. The maximum absolute atomic E-state index is 6.30. The van der Waals surface area contributed by atoms with Crippen LogP contribution in [0.4, 0.5) is 0 Å². The van der Waals surface area contributed by atoms with Crippen molar-refractivity contribution in [2.75, 3.05) is 47.1 Å². The van der Waals surface area contributed by atoms with Gasteiger partial charge in [-0.1, -0.05) is 11.6 Å². The first kappa shape index (κ1) is 16.4. The lowest BCUT2D eigenvalue weighted by atomic mass is 10.0. The van der Waals surface area contributed by atoms with E-state index in [1.165, 1.54) is 0 Å². The van der Waals surface area contributed by atoms with E-state index in [9.17, 15) is 0 Å². The van der Waals surface area contributed by atoms with Crippen molar-refractivity contribution in [3.8, 4) is 11.5 Å². The van der Waals surface area contributed by atoms with E-state index in [0.717, 1.165) is 25.1 Å². The van der Waals surface area contributed by atoms with E-state index in [4.69, 9.17) is 31.5 Å². The van der Waals surface area contributed by atoms with Gasteiger partial charge >= 0.3 is 0 Å². The monoisotopic (exact) mass is 314 g/mol. The minimum atomic E-state index is 0.0928. The first-order valence-electron chi connectivity index (χ1n) is 7.15. The molecule has 0 amide bonds. The lowest BCUT2D eigenvalue weighted by Gasteiger charge is -2.29. The van der Waals surface area contributed by atoms with Gasteiger partial charge in [0.05, 0.1) is 5.02 Å². The number of methoxy groups -OCH3 is 1. The van der Waals surface area contributed by atoms with Crippen molar-refractivity contribution in [1.82, 2.24) is 4.90 Å². The summed E-state index contributed by atoms with van der Waals surface area (Å²) in [6, 6.07) is 3.99. The number of ether oxygens (including phenoxy) is 3. The van der Waals surface area contributed by atoms with Crippen LogP contribution in [0.15, 0.2) is 12.1 Å². The molecule has 6 heteroatoms. The molecule has 1 atom stereocenters. The SMILES string of the molecule is COCCCN(C)C(CN)c1cc(Cl)c2c(c1)OCCO2. The molecule has 21 heavy (non-hydrogen) atoms. The first-order chi connectivity index (χ1) is 10.2. The molecule has 1 aliphatic heterocycles. The predicted octanol–water partition coefficient (Wildman–Crippen LogP) is 2.08. The average Bonchev–Trinajstić information content (AvgIpc) is 2.48. The number of halogens is 1. The molecule has 0 bridgehead atoms. The number of likely N-dealkylation sites (N-methyl/N-ethyl adjacent to an activating group) is 1. The van der Waals surface area contributed by atoms with Gasteiger partial charge in [-0.25, -0.2) is 0 Å². The van der Waals surface area contributed by atoms with Gasteiger partial charge < -0.3 is 19.9 Å². The Labute approximate surface area is 130 Å². The van der Waals surface area contributed by atoms with Crippen molar-refractivity contribution < 1.29 is 14.2 Å². The molecule has 1 aromatic rings. The van der Waals surface area contributed by atoms with Gasteiger partial charge in [-0.3, -0.25) is 4.90 Å². The van der Waals surface area contributed by atoms with E-state index in [1.807, 2.05) is 12.1 Å². The molecule has 0 aromatic heterocycles. The van der Waals surface area contributed by atoms with E-state index in [-0.39, 0.29) is 6.04 Å². The number of rotatable bonds is 7. The molecule has 1 heterocycles. The van der Waals surface area contributed by atoms with E-state index in [1.54, 1.807) is 7.11 Å². The van der Waals surface area contributed by atoms with Gasteiger partial charge in [0, 0.05) is 32.8 Å². The maximum atomic E-state index is 6.30. The van der Waals surface area contributed by atoms with Gasteiger partial charge in [0.25, 0.3) is 0 Å². The molecule has 2 N–H and O–H groups in total. The zero-order valence-electron chi connectivity index (χ0n) is 12.6. The van der Waals surface area contributed by atoms with E-state index in [0.29, 0.717) is 36.3 Å². The summed E-state index contributed by atoms with van der Waals surface area (Å²) in [7, 11) is 3.76. The highest BCUT2D eigenvalue weighted by Gasteiger charge is 2.22. The number of fused-ring (bicyclic) bond motifs is 1. The van der Waals surface area contributed by atoms with Crippen LogP contribution in [0.5, 0.6) is 11.5 Å². The Balaban J connectivity index is 2.16. The summed E-state index contributed by atoms with van der Waals surface area (Å²) < 4.78 is 16.3. The standard InChI is InChI=1S/C15H23ClN2O3/c1-18(4-3-5-19-2)13(10-17)11-8-12(16)15-14(9-11)20-6-7-21-15/h8-9,13H,3-7,10,17H2,1-2H3. The van der Waals surface area contributed by atoms with E-state index < -0.39 is 0 Å².